The molecule has 1 N–H and O–H groups in total. The third kappa shape index (κ3) is 5.34. The van der Waals surface area contributed by atoms with Gasteiger partial charge in [0.1, 0.15) is 0 Å². The smallest absolute Gasteiger partial charge is 0.193 e. The SMILES string of the molecule is CN=C(NCC(c1ccc(OC)c(OC)c1)N1CCOCC1)N1CCC(C)(C)C1. The average molecular weight is 405 g/mol. The van der Waals surface area contributed by atoms with E-state index in [9.17, 15) is 0 Å². The molecule has 1 aromatic rings. The topological polar surface area (TPSA) is 58.6 Å². The van der Waals surface area contributed by atoms with E-state index in [1.165, 1.54) is 12.0 Å². The van der Waals surface area contributed by atoms with Crippen molar-refractivity contribution in [2.24, 2.45) is 10.4 Å². The normalized spacial score (nSPS) is 21.1. The van der Waals surface area contributed by atoms with E-state index in [2.05, 4.69) is 46.1 Å². The van der Waals surface area contributed by atoms with Crippen molar-refractivity contribution in [1.29, 1.82) is 0 Å². The third-order valence-corrected chi connectivity index (χ3v) is 5.92. The minimum atomic E-state index is 0.200. The standard InChI is InChI=1S/C22H36N4O3/c1-22(2)8-9-26(16-22)21(23-3)24-15-18(25-10-12-29-13-11-25)17-6-7-19(27-4)20(14-17)28-5/h6-7,14,18H,8-13,15-16H2,1-5H3,(H,23,24). The molecule has 0 amide bonds. The van der Waals surface area contributed by atoms with Gasteiger partial charge in [-0.15, -0.1) is 0 Å². The number of likely N-dealkylation sites (tertiary alicyclic amines) is 1. The summed E-state index contributed by atoms with van der Waals surface area (Å²) in [7, 11) is 5.22. The fourth-order valence-electron chi connectivity index (χ4n) is 4.22. The van der Waals surface area contributed by atoms with E-state index < -0.39 is 0 Å². The molecule has 7 nitrogen and oxygen atoms in total. The van der Waals surface area contributed by atoms with E-state index in [4.69, 9.17) is 14.2 Å². The maximum atomic E-state index is 5.58. The van der Waals surface area contributed by atoms with Gasteiger partial charge in [0.05, 0.1) is 33.5 Å². The molecule has 0 aromatic heterocycles. The molecule has 2 aliphatic rings. The Bertz CT molecular complexity index is 701. The lowest BCUT2D eigenvalue weighted by Crippen LogP contribution is -2.47. The van der Waals surface area contributed by atoms with E-state index >= 15 is 0 Å². The zero-order valence-corrected chi connectivity index (χ0v) is 18.5. The second-order valence-corrected chi connectivity index (χ2v) is 8.54. The maximum absolute atomic E-state index is 5.58. The van der Waals surface area contributed by atoms with E-state index in [0.29, 0.717) is 5.41 Å². The second-order valence-electron chi connectivity index (χ2n) is 8.54. The van der Waals surface area contributed by atoms with Crippen LogP contribution in [0.4, 0.5) is 0 Å². The summed E-state index contributed by atoms with van der Waals surface area (Å²) in [6.45, 7) is 10.8. The van der Waals surface area contributed by atoms with Crippen molar-refractivity contribution in [3.8, 4) is 11.5 Å². The van der Waals surface area contributed by atoms with Crippen molar-refractivity contribution in [2.45, 2.75) is 26.3 Å². The van der Waals surface area contributed by atoms with Crippen molar-refractivity contribution in [2.75, 3.05) is 67.2 Å². The molecule has 7 heteroatoms. The first-order chi connectivity index (χ1) is 14.0. The highest BCUT2D eigenvalue weighted by molar-refractivity contribution is 5.80. The lowest BCUT2D eigenvalue weighted by atomic mass is 9.93. The minimum Gasteiger partial charge on any atom is -0.493 e. The van der Waals surface area contributed by atoms with Gasteiger partial charge in [-0.3, -0.25) is 9.89 Å². The van der Waals surface area contributed by atoms with Crippen LogP contribution in [0, 0.1) is 5.41 Å². The maximum Gasteiger partial charge on any atom is 0.193 e. The molecular formula is C22H36N4O3. The van der Waals surface area contributed by atoms with Crippen LogP contribution in [0.5, 0.6) is 11.5 Å². The Labute approximate surface area is 175 Å². The molecule has 2 heterocycles. The molecule has 0 aliphatic carbocycles. The van der Waals surface area contributed by atoms with Gasteiger partial charge < -0.3 is 24.4 Å². The van der Waals surface area contributed by atoms with Gasteiger partial charge in [0.15, 0.2) is 17.5 Å². The molecular weight excluding hydrogens is 368 g/mol. The summed E-state index contributed by atoms with van der Waals surface area (Å²) in [5.41, 5.74) is 1.54. The van der Waals surface area contributed by atoms with Crippen LogP contribution < -0.4 is 14.8 Å². The predicted octanol–water partition coefficient (Wildman–Crippen LogP) is 2.38. The Kier molecular flexibility index (Phi) is 7.24. The summed E-state index contributed by atoms with van der Waals surface area (Å²) in [5.74, 6) is 2.49. The molecule has 2 fully saturated rings. The second kappa shape index (κ2) is 9.67. The van der Waals surface area contributed by atoms with Crippen LogP contribution in [0.15, 0.2) is 23.2 Å². The number of methoxy groups -OCH3 is 2. The monoisotopic (exact) mass is 404 g/mol. The van der Waals surface area contributed by atoms with Crippen LogP contribution in [-0.2, 0) is 4.74 Å². The molecule has 0 bridgehead atoms. The highest BCUT2D eigenvalue weighted by Crippen LogP contribution is 2.32. The molecule has 0 radical (unpaired) electrons. The first-order valence-electron chi connectivity index (χ1n) is 10.5. The van der Waals surface area contributed by atoms with Crippen molar-refractivity contribution < 1.29 is 14.2 Å². The van der Waals surface area contributed by atoms with E-state index in [1.807, 2.05) is 13.1 Å². The number of morpholine rings is 1. The quantitative estimate of drug-likeness (QED) is 0.580. The molecule has 0 saturated carbocycles. The van der Waals surface area contributed by atoms with Crippen molar-refractivity contribution in [1.82, 2.24) is 15.1 Å². The van der Waals surface area contributed by atoms with Crippen molar-refractivity contribution >= 4 is 5.96 Å². The van der Waals surface area contributed by atoms with Crippen LogP contribution in [-0.4, -0.2) is 83.0 Å². The van der Waals surface area contributed by atoms with E-state index in [-0.39, 0.29) is 6.04 Å². The van der Waals surface area contributed by atoms with Crippen LogP contribution in [0.2, 0.25) is 0 Å². The summed E-state index contributed by atoms with van der Waals surface area (Å²) < 4.78 is 16.5. The molecule has 1 atom stereocenters. The Morgan fingerprint density at radius 1 is 1.17 bits per heavy atom. The summed E-state index contributed by atoms with van der Waals surface area (Å²) in [6, 6.07) is 6.40. The minimum absolute atomic E-state index is 0.200. The number of aliphatic imine (C=N–C) groups is 1. The number of guanidine groups is 1. The molecule has 3 rings (SSSR count). The molecule has 2 aliphatic heterocycles. The van der Waals surface area contributed by atoms with Crippen molar-refractivity contribution in [3.63, 3.8) is 0 Å². The molecule has 2 saturated heterocycles. The Morgan fingerprint density at radius 3 is 2.48 bits per heavy atom. The van der Waals surface area contributed by atoms with Gasteiger partial charge in [0, 0.05) is 39.8 Å². The third-order valence-electron chi connectivity index (χ3n) is 5.92. The zero-order chi connectivity index (χ0) is 20.9. The first kappa shape index (κ1) is 21.7. The van der Waals surface area contributed by atoms with Gasteiger partial charge in [-0.2, -0.15) is 0 Å². The Hall–Kier alpha value is -1.99. The van der Waals surface area contributed by atoms with Crippen molar-refractivity contribution in [3.05, 3.63) is 23.8 Å². The first-order valence-corrected chi connectivity index (χ1v) is 10.5. The van der Waals surface area contributed by atoms with Gasteiger partial charge >= 0.3 is 0 Å². The van der Waals surface area contributed by atoms with E-state index in [0.717, 1.165) is 63.4 Å². The van der Waals surface area contributed by atoms with Gasteiger partial charge in [0.25, 0.3) is 0 Å². The fraction of sp³-hybridized carbons (Fsp3) is 0.682. The highest BCUT2D eigenvalue weighted by atomic mass is 16.5. The van der Waals surface area contributed by atoms with Crippen LogP contribution in [0.25, 0.3) is 0 Å². The number of nitrogens with zero attached hydrogens (tertiary/aromatic N) is 3. The molecule has 0 spiro atoms. The summed E-state index contributed by atoms with van der Waals surface area (Å²) >= 11 is 0. The lowest BCUT2D eigenvalue weighted by Gasteiger charge is -2.36. The molecule has 1 unspecified atom stereocenters. The van der Waals surface area contributed by atoms with Gasteiger partial charge in [-0.1, -0.05) is 19.9 Å². The van der Waals surface area contributed by atoms with Crippen LogP contribution >= 0.6 is 0 Å². The predicted molar refractivity (Wildman–Crippen MR) is 116 cm³/mol. The van der Waals surface area contributed by atoms with Gasteiger partial charge in [-0.25, -0.2) is 0 Å². The van der Waals surface area contributed by atoms with Gasteiger partial charge in [0.2, 0.25) is 0 Å². The number of hydrogen-bond acceptors (Lipinski definition) is 5. The van der Waals surface area contributed by atoms with Crippen LogP contribution in [0.3, 0.4) is 0 Å². The summed E-state index contributed by atoms with van der Waals surface area (Å²) in [4.78, 5) is 9.39. The zero-order valence-electron chi connectivity index (χ0n) is 18.5. The number of benzene rings is 1. The average Bonchev–Trinajstić information content (AvgIpc) is 3.11. The highest BCUT2D eigenvalue weighted by Gasteiger charge is 2.31. The molecule has 29 heavy (non-hydrogen) atoms. The van der Waals surface area contributed by atoms with E-state index in [1.54, 1.807) is 14.2 Å². The lowest BCUT2D eigenvalue weighted by molar-refractivity contribution is 0.0168. The van der Waals surface area contributed by atoms with Gasteiger partial charge in [-0.05, 0) is 29.5 Å². The molecule has 1 aromatic carbocycles. The fourth-order valence-corrected chi connectivity index (χ4v) is 4.22. The number of hydrogen-bond donors (Lipinski definition) is 1. The summed E-state index contributed by atoms with van der Waals surface area (Å²) in [6.07, 6.45) is 1.19. The number of ether oxygens (including phenoxy) is 3. The Balaban J connectivity index is 1.77. The number of rotatable bonds is 6. The van der Waals surface area contributed by atoms with Crippen LogP contribution in [0.1, 0.15) is 31.9 Å². The largest absolute Gasteiger partial charge is 0.493 e. The Morgan fingerprint density at radius 2 is 1.90 bits per heavy atom. The summed E-state index contributed by atoms with van der Waals surface area (Å²) in [5, 5.41) is 3.63. The number of nitrogens with one attached hydrogen (secondary N) is 1. The molecule has 162 valence electrons.